The van der Waals surface area contributed by atoms with E-state index in [1.807, 2.05) is 20.8 Å². The second kappa shape index (κ2) is 6.92. The molecule has 0 unspecified atom stereocenters. The van der Waals surface area contributed by atoms with Crippen molar-refractivity contribution < 1.29 is 18.0 Å². The van der Waals surface area contributed by atoms with Crippen LogP contribution in [0.25, 0.3) is 0 Å². The number of benzene rings is 2. The molecule has 2 amide bonds. The van der Waals surface area contributed by atoms with E-state index in [4.69, 9.17) is 0 Å². The molecule has 2 atom stereocenters. The second-order valence-electron chi connectivity index (χ2n) is 8.74. The molecule has 4 rings (SSSR count). The molecule has 30 heavy (non-hydrogen) atoms. The number of imide groups is 1. The van der Waals surface area contributed by atoms with Crippen molar-refractivity contribution in [1.29, 1.82) is 0 Å². The number of piperidine rings is 1. The minimum Gasteiger partial charge on any atom is -0.280 e. The van der Waals surface area contributed by atoms with E-state index in [0.717, 1.165) is 4.47 Å². The van der Waals surface area contributed by atoms with Crippen LogP contribution < -0.4 is 9.62 Å². The summed E-state index contributed by atoms with van der Waals surface area (Å²) >= 11 is 3.32. The minimum absolute atomic E-state index is 0.0112. The number of sulfonamides is 1. The molecular formula is C22H23BrN2O4S. The largest absolute Gasteiger partial charge is 0.280 e. The summed E-state index contributed by atoms with van der Waals surface area (Å²) in [6, 6.07) is 12.8. The molecule has 1 saturated heterocycles. The van der Waals surface area contributed by atoms with Crippen LogP contribution in [0, 0.1) is 16.7 Å². The number of amides is 2. The molecule has 1 aliphatic heterocycles. The maximum atomic E-state index is 13.4. The number of fused-ring (bicyclic) bond motifs is 2. The average molecular weight is 491 g/mol. The first-order valence-electron chi connectivity index (χ1n) is 9.74. The van der Waals surface area contributed by atoms with E-state index in [-0.39, 0.29) is 28.3 Å². The number of halogens is 1. The van der Waals surface area contributed by atoms with Gasteiger partial charge >= 0.3 is 0 Å². The van der Waals surface area contributed by atoms with Crippen molar-refractivity contribution in [2.75, 3.05) is 9.62 Å². The molecule has 6 nitrogen and oxygen atoms in total. The molecule has 158 valence electrons. The molecule has 0 radical (unpaired) electrons. The third-order valence-electron chi connectivity index (χ3n) is 6.88. The Balaban J connectivity index is 1.70. The summed E-state index contributed by atoms with van der Waals surface area (Å²) in [6.45, 7) is 5.85. The SMILES string of the molecule is CC1(C)[C@H]2CC[C@]1(C)C(=O)N(c1cccc(S(=O)(=O)Nc3cccc(Br)c3)c1)C2=O. The van der Waals surface area contributed by atoms with E-state index < -0.39 is 20.9 Å². The molecule has 1 heterocycles. The van der Waals surface area contributed by atoms with Crippen molar-refractivity contribution in [3.8, 4) is 0 Å². The zero-order valence-corrected chi connectivity index (χ0v) is 19.4. The molecule has 2 aromatic rings. The number of rotatable bonds is 4. The van der Waals surface area contributed by atoms with E-state index in [9.17, 15) is 18.0 Å². The maximum Gasteiger partial charge on any atom is 0.261 e. The van der Waals surface area contributed by atoms with Crippen LogP contribution in [0.4, 0.5) is 11.4 Å². The molecule has 1 aliphatic carbocycles. The van der Waals surface area contributed by atoms with Crippen LogP contribution in [0.1, 0.15) is 33.6 Å². The quantitative estimate of drug-likeness (QED) is 0.636. The smallest absolute Gasteiger partial charge is 0.261 e. The number of carbonyl (C=O) groups is 2. The number of nitrogens with zero attached hydrogens (tertiary/aromatic N) is 1. The molecule has 0 aromatic heterocycles. The normalized spacial score (nSPS) is 25.5. The monoisotopic (exact) mass is 490 g/mol. The van der Waals surface area contributed by atoms with Gasteiger partial charge < -0.3 is 0 Å². The van der Waals surface area contributed by atoms with Gasteiger partial charge in [-0.15, -0.1) is 0 Å². The number of nitrogens with one attached hydrogen (secondary N) is 1. The second-order valence-corrected chi connectivity index (χ2v) is 11.3. The molecule has 0 spiro atoms. The van der Waals surface area contributed by atoms with Gasteiger partial charge in [-0.1, -0.05) is 48.8 Å². The zero-order chi connectivity index (χ0) is 21.9. The summed E-state index contributed by atoms with van der Waals surface area (Å²) in [4.78, 5) is 27.7. The lowest BCUT2D eigenvalue weighted by atomic mass is 9.62. The van der Waals surface area contributed by atoms with Gasteiger partial charge in [0.05, 0.1) is 16.0 Å². The van der Waals surface area contributed by atoms with Gasteiger partial charge in [-0.05, 0) is 54.7 Å². The lowest BCUT2D eigenvalue weighted by Crippen LogP contribution is -2.59. The third kappa shape index (κ3) is 3.08. The van der Waals surface area contributed by atoms with E-state index in [1.54, 1.807) is 36.4 Å². The Hall–Kier alpha value is -2.19. The molecule has 2 aromatic carbocycles. The fourth-order valence-corrected chi connectivity index (χ4v) is 6.11. The van der Waals surface area contributed by atoms with Gasteiger partial charge in [-0.2, -0.15) is 0 Å². The number of hydrogen-bond donors (Lipinski definition) is 1. The van der Waals surface area contributed by atoms with Gasteiger partial charge in [-0.3, -0.25) is 14.3 Å². The predicted octanol–water partition coefficient (Wildman–Crippen LogP) is 4.57. The van der Waals surface area contributed by atoms with Gasteiger partial charge in [0.25, 0.3) is 10.0 Å². The highest BCUT2D eigenvalue weighted by molar-refractivity contribution is 9.10. The average Bonchev–Trinajstić information content (AvgIpc) is 2.85. The molecular weight excluding hydrogens is 468 g/mol. The van der Waals surface area contributed by atoms with Crippen LogP contribution >= 0.6 is 15.9 Å². The lowest BCUT2D eigenvalue weighted by Gasteiger charge is -2.47. The number of anilines is 2. The number of carbonyl (C=O) groups excluding carboxylic acids is 2. The summed E-state index contributed by atoms with van der Waals surface area (Å²) in [6.07, 6.45) is 1.31. The van der Waals surface area contributed by atoms with Crippen molar-refractivity contribution in [3.63, 3.8) is 0 Å². The van der Waals surface area contributed by atoms with Crippen molar-refractivity contribution >= 4 is 49.1 Å². The zero-order valence-electron chi connectivity index (χ0n) is 17.0. The van der Waals surface area contributed by atoms with E-state index in [2.05, 4.69) is 20.7 Å². The van der Waals surface area contributed by atoms with Crippen LogP contribution in [0.5, 0.6) is 0 Å². The summed E-state index contributed by atoms with van der Waals surface area (Å²) in [5.74, 6) is -0.782. The number of hydrogen-bond acceptors (Lipinski definition) is 4. The summed E-state index contributed by atoms with van der Waals surface area (Å²) in [5, 5.41) is 0. The fraction of sp³-hybridized carbons (Fsp3) is 0.364. The van der Waals surface area contributed by atoms with E-state index in [1.165, 1.54) is 17.0 Å². The first kappa shape index (κ1) is 21.1. The van der Waals surface area contributed by atoms with Crippen LogP contribution in [0.3, 0.4) is 0 Å². The van der Waals surface area contributed by atoms with Gasteiger partial charge in [-0.25, -0.2) is 13.3 Å². The van der Waals surface area contributed by atoms with Crippen LogP contribution in [-0.2, 0) is 19.6 Å². The van der Waals surface area contributed by atoms with Crippen molar-refractivity contribution in [2.45, 2.75) is 38.5 Å². The van der Waals surface area contributed by atoms with E-state index in [0.29, 0.717) is 18.5 Å². The fourth-order valence-electron chi connectivity index (χ4n) is 4.62. The molecule has 2 fully saturated rings. The highest BCUT2D eigenvalue weighted by Crippen LogP contribution is 2.60. The molecule has 1 N–H and O–H groups in total. The lowest BCUT2D eigenvalue weighted by molar-refractivity contribution is -0.146. The van der Waals surface area contributed by atoms with Gasteiger partial charge in [0.15, 0.2) is 0 Å². The van der Waals surface area contributed by atoms with Gasteiger partial charge in [0, 0.05) is 16.1 Å². The van der Waals surface area contributed by atoms with Crippen LogP contribution in [-0.4, -0.2) is 20.2 Å². The molecule has 2 aliphatic rings. The highest BCUT2D eigenvalue weighted by Gasteiger charge is 2.64. The van der Waals surface area contributed by atoms with Crippen molar-refractivity contribution in [2.24, 2.45) is 16.7 Å². The van der Waals surface area contributed by atoms with Gasteiger partial charge in [0.1, 0.15) is 0 Å². The van der Waals surface area contributed by atoms with Gasteiger partial charge in [0.2, 0.25) is 11.8 Å². The molecule has 2 bridgehead atoms. The highest BCUT2D eigenvalue weighted by atomic mass is 79.9. The minimum atomic E-state index is -3.90. The Kier molecular flexibility index (Phi) is 4.86. The van der Waals surface area contributed by atoms with Crippen molar-refractivity contribution in [3.05, 3.63) is 53.0 Å². The third-order valence-corrected chi connectivity index (χ3v) is 8.76. The first-order chi connectivity index (χ1) is 14.0. The molecule has 1 saturated carbocycles. The Morgan fingerprint density at radius 1 is 1.07 bits per heavy atom. The maximum absolute atomic E-state index is 13.4. The van der Waals surface area contributed by atoms with Crippen molar-refractivity contribution in [1.82, 2.24) is 0 Å². The van der Waals surface area contributed by atoms with Crippen LogP contribution in [0.15, 0.2) is 57.9 Å². The Bertz CT molecular complexity index is 1160. The first-order valence-corrected chi connectivity index (χ1v) is 12.0. The predicted molar refractivity (Wildman–Crippen MR) is 118 cm³/mol. The summed E-state index contributed by atoms with van der Waals surface area (Å²) in [5.41, 5.74) is -0.388. The molecule has 8 heteroatoms. The van der Waals surface area contributed by atoms with E-state index >= 15 is 0 Å². The Labute approximate surface area is 184 Å². The summed E-state index contributed by atoms with van der Waals surface area (Å²) < 4.78 is 29.1. The topological polar surface area (TPSA) is 83.6 Å². The Morgan fingerprint density at radius 3 is 2.47 bits per heavy atom. The Morgan fingerprint density at radius 2 is 1.77 bits per heavy atom. The standard InChI is InChI=1S/C22H23BrN2O4S/c1-21(2)18-10-11-22(21,3)20(27)25(19(18)26)16-8-5-9-17(13-16)30(28,29)24-15-7-4-6-14(23)12-15/h4-9,12-13,18,24H,10-11H2,1-3H3/t18-,22+/m0/s1. The van der Waals surface area contributed by atoms with Crippen LogP contribution in [0.2, 0.25) is 0 Å². The summed E-state index contributed by atoms with van der Waals surface area (Å²) in [7, 11) is -3.90.